The number of methoxy groups -OCH3 is 1. The van der Waals surface area contributed by atoms with Crippen LogP contribution in [0, 0.1) is 5.92 Å². The van der Waals surface area contributed by atoms with E-state index < -0.39 is 0 Å². The van der Waals surface area contributed by atoms with E-state index in [1.807, 2.05) is 36.7 Å². The van der Waals surface area contributed by atoms with Crippen LogP contribution in [-0.2, 0) is 11.3 Å². The zero-order valence-electron chi connectivity index (χ0n) is 17.0. The summed E-state index contributed by atoms with van der Waals surface area (Å²) in [6.45, 7) is 4.36. The maximum Gasteiger partial charge on any atom is 0.225 e. The summed E-state index contributed by atoms with van der Waals surface area (Å²) in [6, 6.07) is 7.79. The third-order valence-corrected chi connectivity index (χ3v) is 5.87. The molecule has 0 saturated carbocycles. The zero-order chi connectivity index (χ0) is 20.1. The van der Waals surface area contributed by atoms with E-state index in [0.717, 1.165) is 62.0 Å². The molecule has 0 spiro atoms. The molecule has 0 unspecified atom stereocenters. The number of carbonyl (C=O) groups excluding carboxylic acids is 1. The van der Waals surface area contributed by atoms with E-state index in [0.29, 0.717) is 6.54 Å². The maximum absolute atomic E-state index is 12.5. The predicted molar refractivity (Wildman–Crippen MR) is 113 cm³/mol. The number of nitrogens with one attached hydrogen (secondary N) is 1. The number of carbonyl (C=O) groups is 1. The van der Waals surface area contributed by atoms with Crippen molar-refractivity contribution in [2.75, 3.05) is 43.1 Å². The third kappa shape index (κ3) is 4.78. The normalized spacial score (nSPS) is 17.4. The highest BCUT2D eigenvalue weighted by Crippen LogP contribution is 2.24. The minimum Gasteiger partial charge on any atom is -0.497 e. The summed E-state index contributed by atoms with van der Waals surface area (Å²) in [4.78, 5) is 26.2. The Morgan fingerprint density at radius 1 is 1.03 bits per heavy atom. The number of piperidine rings is 1. The van der Waals surface area contributed by atoms with Crippen molar-refractivity contribution < 1.29 is 9.53 Å². The van der Waals surface area contributed by atoms with Crippen LogP contribution in [0.3, 0.4) is 0 Å². The van der Waals surface area contributed by atoms with Crippen molar-refractivity contribution >= 4 is 17.5 Å². The van der Waals surface area contributed by atoms with Gasteiger partial charge < -0.3 is 19.9 Å². The van der Waals surface area contributed by atoms with Gasteiger partial charge in [-0.15, -0.1) is 0 Å². The molecule has 29 heavy (non-hydrogen) atoms. The van der Waals surface area contributed by atoms with Crippen molar-refractivity contribution in [3.8, 4) is 5.75 Å². The lowest BCUT2D eigenvalue weighted by molar-refractivity contribution is -0.125. The van der Waals surface area contributed by atoms with Gasteiger partial charge in [-0.05, 0) is 43.4 Å². The molecule has 2 saturated heterocycles. The molecular formula is C22H29N5O2. The molecule has 2 aromatic rings. The van der Waals surface area contributed by atoms with Gasteiger partial charge in [-0.25, -0.2) is 9.97 Å². The number of hydrogen-bond donors (Lipinski definition) is 1. The summed E-state index contributed by atoms with van der Waals surface area (Å²) in [5.74, 6) is 1.86. The average Bonchev–Trinajstić information content (AvgIpc) is 3.33. The van der Waals surface area contributed by atoms with Gasteiger partial charge in [-0.2, -0.15) is 0 Å². The third-order valence-electron chi connectivity index (χ3n) is 5.87. The van der Waals surface area contributed by atoms with Crippen LogP contribution in [0.5, 0.6) is 5.75 Å². The van der Waals surface area contributed by atoms with Crippen LogP contribution in [0.15, 0.2) is 36.7 Å². The summed E-state index contributed by atoms with van der Waals surface area (Å²) >= 11 is 0. The molecule has 3 heterocycles. The zero-order valence-corrected chi connectivity index (χ0v) is 17.0. The standard InChI is InChI=1S/C22H29N5O2/c1-29-20-6-4-17(5-7-20)14-23-21(28)18-8-12-26(13-9-18)19-15-24-22(25-16-19)27-10-2-3-11-27/h4-7,15-16,18H,2-3,8-14H2,1H3,(H,23,28). The Balaban J connectivity index is 1.24. The lowest BCUT2D eigenvalue weighted by Gasteiger charge is -2.32. The number of ether oxygens (including phenoxy) is 1. The fraction of sp³-hybridized carbons (Fsp3) is 0.500. The predicted octanol–water partition coefficient (Wildman–Crippen LogP) is 2.62. The van der Waals surface area contributed by atoms with Gasteiger partial charge in [0.1, 0.15) is 5.75 Å². The summed E-state index contributed by atoms with van der Waals surface area (Å²) in [5.41, 5.74) is 2.12. The molecule has 2 aliphatic rings. The van der Waals surface area contributed by atoms with Crippen molar-refractivity contribution in [2.45, 2.75) is 32.2 Å². The Morgan fingerprint density at radius 3 is 2.31 bits per heavy atom. The molecule has 7 heteroatoms. The van der Waals surface area contributed by atoms with E-state index in [1.165, 1.54) is 12.8 Å². The molecule has 1 aromatic heterocycles. The Bertz CT molecular complexity index is 795. The van der Waals surface area contributed by atoms with Crippen LogP contribution in [0.1, 0.15) is 31.2 Å². The minimum absolute atomic E-state index is 0.0642. The summed E-state index contributed by atoms with van der Waals surface area (Å²) in [7, 11) is 1.65. The van der Waals surface area contributed by atoms with Crippen LogP contribution in [0.25, 0.3) is 0 Å². The molecule has 7 nitrogen and oxygen atoms in total. The molecular weight excluding hydrogens is 366 g/mol. The number of aromatic nitrogens is 2. The summed E-state index contributed by atoms with van der Waals surface area (Å²) in [5, 5.41) is 3.07. The van der Waals surface area contributed by atoms with E-state index in [2.05, 4.69) is 25.1 Å². The number of amides is 1. The lowest BCUT2D eigenvalue weighted by Crippen LogP contribution is -2.40. The topological polar surface area (TPSA) is 70.6 Å². The van der Waals surface area contributed by atoms with Gasteiger partial charge in [0, 0.05) is 38.6 Å². The van der Waals surface area contributed by atoms with Gasteiger partial charge in [-0.1, -0.05) is 12.1 Å². The van der Waals surface area contributed by atoms with Crippen LogP contribution < -0.4 is 19.9 Å². The van der Waals surface area contributed by atoms with Gasteiger partial charge in [0.15, 0.2) is 0 Å². The molecule has 1 N–H and O–H groups in total. The van der Waals surface area contributed by atoms with Crippen molar-refractivity contribution in [2.24, 2.45) is 5.92 Å². The Morgan fingerprint density at radius 2 is 1.69 bits per heavy atom. The van der Waals surface area contributed by atoms with Gasteiger partial charge in [-0.3, -0.25) is 4.79 Å². The van der Waals surface area contributed by atoms with Crippen LogP contribution >= 0.6 is 0 Å². The highest BCUT2D eigenvalue weighted by molar-refractivity contribution is 5.79. The van der Waals surface area contributed by atoms with Gasteiger partial charge >= 0.3 is 0 Å². The van der Waals surface area contributed by atoms with Crippen LogP contribution in [0.4, 0.5) is 11.6 Å². The molecule has 2 fully saturated rings. The Kier molecular flexibility index (Phi) is 6.12. The van der Waals surface area contributed by atoms with Crippen molar-refractivity contribution in [1.29, 1.82) is 0 Å². The maximum atomic E-state index is 12.5. The monoisotopic (exact) mass is 395 g/mol. The molecule has 0 aliphatic carbocycles. The molecule has 0 radical (unpaired) electrons. The second kappa shape index (κ2) is 9.11. The van der Waals surface area contributed by atoms with Crippen molar-refractivity contribution in [1.82, 2.24) is 15.3 Å². The van der Waals surface area contributed by atoms with Crippen LogP contribution in [-0.4, -0.2) is 49.2 Å². The molecule has 4 rings (SSSR count). The van der Waals surface area contributed by atoms with Gasteiger partial charge in [0.25, 0.3) is 0 Å². The van der Waals surface area contributed by atoms with Crippen LogP contribution in [0.2, 0.25) is 0 Å². The summed E-state index contributed by atoms with van der Waals surface area (Å²) in [6.07, 6.45) is 7.98. The highest BCUT2D eigenvalue weighted by atomic mass is 16.5. The smallest absolute Gasteiger partial charge is 0.225 e. The number of nitrogens with zero attached hydrogens (tertiary/aromatic N) is 4. The number of hydrogen-bond acceptors (Lipinski definition) is 6. The van der Waals surface area contributed by atoms with E-state index in [-0.39, 0.29) is 11.8 Å². The Hall–Kier alpha value is -2.83. The number of anilines is 2. The van der Waals surface area contributed by atoms with E-state index in [9.17, 15) is 4.79 Å². The van der Waals surface area contributed by atoms with E-state index >= 15 is 0 Å². The van der Waals surface area contributed by atoms with Gasteiger partial charge in [0.2, 0.25) is 11.9 Å². The SMILES string of the molecule is COc1ccc(CNC(=O)C2CCN(c3cnc(N4CCCC4)nc3)CC2)cc1. The first kappa shape index (κ1) is 19.5. The molecule has 1 aromatic carbocycles. The number of benzene rings is 1. The highest BCUT2D eigenvalue weighted by Gasteiger charge is 2.25. The second-order valence-corrected chi connectivity index (χ2v) is 7.76. The molecule has 2 aliphatic heterocycles. The fourth-order valence-electron chi connectivity index (χ4n) is 4.03. The van der Waals surface area contributed by atoms with Crippen molar-refractivity contribution in [3.63, 3.8) is 0 Å². The first-order valence-corrected chi connectivity index (χ1v) is 10.5. The molecule has 0 bridgehead atoms. The van der Waals surface area contributed by atoms with E-state index in [1.54, 1.807) is 7.11 Å². The largest absolute Gasteiger partial charge is 0.497 e. The van der Waals surface area contributed by atoms with Crippen molar-refractivity contribution in [3.05, 3.63) is 42.2 Å². The Labute approximate surface area is 172 Å². The molecule has 1 amide bonds. The van der Waals surface area contributed by atoms with E-state index in [4.69, 9.17) is 4.74 Å². The van der Waals surface area contributed by atoms with Gasteiger partial charge in [0.05, 0.1) is 25.2 Å². The second-order valence-electron chi connectivity index (χ2n) is 7.76. The minimum atomic E-state index is 0.0642. The fourth-order valence-corrected chi connectivity index (χ4v) is 4.03. The number of rotatable bonds is 6. The molecule has 154 valence electrons. The first-order chi connectivity index (χ1) is 14.2. The first-order valence-electron chi connectivity index (χ1n) is 10.5. The lowest BCUT2D eigenvalue weighted by atomic mass is 9.95. The summed E-state index contributed by atoms with van der Waals surface area (Å²) < 4.78 is 5.17. The molecule has 0 atom stereocenters. The quantitative estimate of drug-likeness (QED) is 0.811. The average molecular weight is 396 g/mol.